The number of hydrogen-bond acceptors (Lipinski definition) is 3. The van der Waals surface area contributed by atoms with Crippen molar-refractivity contribution in [2.75, 3.05) is 6.54 Å². The minimum Gasteiger partial charge on any atom is -0.390 e. The molecule has 0 aliphatic carbocycles. The van der Waals surface area contributed by atoms with Crippen LogP contribution >= 0.6 is 12.2 Å². The highest BCUT2D eigenvalue weighted by Crippen LogP contribution is 2.18. The second-order valence-electron chi connectivity index (χ2n) is 4.73. The van der Waals surface area contributed by atoms with E-state index in [1.54, 1.807) is 19.9 Å². The molecule has 18 heavy (non-hydrogen) atoms. The zero-order chi connectivity index (χ0) is 14.2. The topological polar surface area (TPSA) is 73.4 Å². The van der Waals surface area contributed by atoms with Crippen molar-refractivity contribution < 1.29 is 9.90 Å². The molecule has 0 saturated carbocycles. The number of rotatable bonds is 6. The van der Waals surface area contributed by atoms with Crippen LogP contribution in [-0.2, 0) is 4.79 Å². The Morgan fingerprint density at radius 1 is 1.50 bits per heavy atom. The van der Waals surface area contributed by atoms with E-state index < -0.39 is 5.60 Å². The molecule has 0 fully saturated rings. The molecule has 1 amide bonds. The van der Waals surface area contributed by atoms with Crippen molar-refractivity contribution in [3.8, 4) is 0 Å². The monoisotopic (exact) mass is 273 g/mol. The third-order valence-electron chi connectivity index (χ3n) is 2.32. The van der Waals surface area contributed by atoms with Gasteiger partial charge in [0.25, 0.3) is 0 Å². The van der Waals surface area contributed by atoms with E-state index in [1.807, 2.05) is 6.92 Å². The molecule has 0 aromatic rings. The molecule has 0 radical (unpaired) electrons. The summed E-state index contributed by atoms with van der Waals surface area (Å²) < 4.78 is 0. The highest BCUT2D eigenvalue weighted by atomic mass is 32.1. The number of nitrogens with one attached hydrogen (secondary N) is 3. The minimum absolute atomic E-state index is 0.178. The highest BCUT2D eigenvalue weighted by Gasteiger charge is 2.24. The third-order valence-corrected chi connectivity index (χ3v) is 2.56. The van der Waals surface area contributed by atoms with Gasteiger partial charge >= 0.3 is 0 Å². The van der Waals surface area contributed by atoms with E-state index in [2.05, 4.69) is 22.7 Å². The lowest BCUT2D eigenvalue weighted by Gasteiger charge is -2.23. The first kappa shape index (κ1) is 16.9. The number of amides is 1. The van der Waals surface area contributed by atoms with Crippen LogP contribution in [0.3, 0.4) is 0 Å². The molecule has 0 aromatic heterocycles. The Labute approximate surface area is 114 Å². The van der Waals surface area contributed by atoms with Crippen molar-refractivity contribution in [2.24, 2.45) is 5.92 Å². The summed E-state index contributed by atoms with van der Waals surface area (Å²) in [5.41, 5.74) is 4.27. The van der Waals surface area contributed by atoms with E-state index in [1.165, 1.54) is 0 Å². The van der Waals surface area contributed by atoms with Gasteiger partial charge in [-0.15, -0.1) is 6.58 Å². The van der Waals surface area contributed by atoms with Crippen molar-refractivity contribution in [2.45, 2.75) is 39.2 Å². The maximum atomic E-state index is 11.8. The minimum atomic E-state index is -0.861. The van der Waals surface area contributed by atoms with E-state index in [0.717, 1.165) is 0 Å². The average Bonchev–Trinajstić information content (AvgIpc) is 2.29. The van der Waals surface area contributed by atoms with E-state index in [4.69, 9.17) is 12.2 Å². The number of aliphatic hydroxyl groups is 1. The van der Waals surface area contributed by atoms with Gasteiger partial charge in [0.2, 0.25) is 5.91 Å². The zero-order valence-electron chi connectivity index (χ0n) is 11.2. The number of carbonyl (C=O) groups excluding carboxylic acids is 1. The van der Waals surface area contributed by atoms with Crippen LogP contribution in [0.2, 0.25) is 0 Å². The van der Waals surface area contributed by atoms with E-state index in [0.29, 0.717) is 24.5 Å². The lowest BCUT2D eigenvalue weighted by molar-refractivity contribution is -0.127. The van der Waals surface area contributed by atoms with Gasteiger partial charge in [0.1, 0.15) is 0 Å². The van der Waals surface area contributed by atoms with Crippen molar-refractivity contribution in [1.82, 2.24) is 16.2 Å². The summed E-state index contributed by atoms with van der Waals surface area (Å²) in [5, 5.41) is 12.9. The standard InChI is InChI=1S/C12H23N3O2S/c1-5-7-13-11(18)15-14-10(16)9(6-2)8-12(3,4)17/h5,9,17H,1,6-8H2,2-4H3,(H,14,16)(H2,13,15,18)/t9-/m0/s1. The van der Waals surface area contributed by atoms with Gasteiger partial charge in [-0.3, -0.25) is 15.6 Å². The van der Waals surface area contributed by atoms with Crippen LogP contribution in [0.4, 0.5) is 0 Å². The molecule has 0 saturated heterocycles. The normalized spacial score (nSPS) is 12.4. The number of hydrazine groups is 1. The lowest BCUT2D eigenvalue weighted by Crippen LogP contribution is -2.49. The molecule has 104 valence electrons. The van der Waals surface area contributed by atoms with E-state index in [-0.39, 0.29) is 11.8 Å². The van der Waals surface area contributed by atoms with E-state index in [9.17, 15) is 9.90 Å². The molecular weight excluding hydrogens is 250 g/mol. The summed E-state index contributed by atoms with van der Waals surface area (Å²) in [6, 6.07) is 0. The Kier molecular flexibility index (Phi) is 7.54. The lowest BCUT2D eigenvalue weighted by atomic mass is 9.91. The van der Waals surface area contributed by atoms with Crippen LogP contribution in [0.1, 0.15) is 33.6 Å². The predicted molar refractivity (Wildman–Crippen MR) is 76.8 cm³/mol. The van der Waals surface area contributed by atoms with Crippen molar-refractivity contribution >= 4 is 23.2 Å². The van der Waals surface area contributed by atoms with Gasteiger partial charge in [-0.1, -0.05) is 13.0 Å². The third kappa shape index (κ3) is 8.03. The maximum Gasteiger partial charge on any atom is 0.241 e. The summed E-state index contributed by atoms with van der Waals surface area (Å²) in [6.07, 6.45) is 2.73. The number of carbonyl (C=O) groups is 1. The number of thiocarbonyl (C=S) groups is 1. The summed E-state index contributed by atoms with van der Waals surface area (Å²) in [6.45, 7) is 9.36. The molecule has 0 unspecified atom stereocenters. The Morgan fingerprint density at radius 3 is 2.56 bits per heavy atom. The Bertz CT molecular complexity index is 300. The SMILES string of the molecule is C=CCNC(=S)NNC(=O)[C@@H](CC)CC(C)(C)O. The van der Waals surface area contributed by atoms with Gasteiger partial charge < -0.3 is 10.4 Å². The van der Waals surface area contributed by atoms with Gasteiger partial charge in [0, 0.05) is 12.5 Å². The fraction of sp³-hybridized carbons (Fsp3) is 0.667. The second-order valence-corrected chi connectivity index (χ2v) is 5.14. The molecule has 0 aliphatic rings. The van der Waals surface area contributed by atoms with Crippen molar-refractivity contribution in [1.29, 1.82) is 0 Å². The molecule has 0 aliphatic heterocycles. The Balaban J connectivity index is 4.12. The smallest absolute Gasteiger partial charge is 0.241 e. The zero-order valence-corrected chi connectivity index (χ0v) is 12.1. The molecule has 0 spiro atoms. The molecule has 0 heterocycles. The first-order valence-corrected chi connectivity index (χ1v) is 6.38. The highest BCUT2D eigenvalue weighted by molar-refractivity contribution is 7.80. The average molecular weight is 273 g/mol. The van der Waals surface area contributed by atoms with Crippen molar-refractivity contribution in [3.63, 3.8) is 0 Å². The van der Waals surface area contributed by atoms with Crippen LogP contribution in [0.15, 0.2) is 12.7 Å². The second kappa shape index (κ2) is 8.05. The van der Waals surface area contributed by atoms with Gasteiger partial charge in [-0.25, -0.2) is 0 Å². The summed E-state index contributed by atoms with van der Waals surface area (Å²) in [5.74, 6) is -0.429. The van der Waals surface area contributed by atoms with Crippen LogP contribution < -0.4 is 16.2 Å². The molecular formula is C12H23N3O2S. The maximum absolute atomic E-state index is 11.8. The van der Waals surface area contributed by atoms with Crippen LogP contribution in [-0.4, -0.2) is 28.3 Å². The fourth-order valence-corrected chi connectivity index (χ4v) is 1.59. The first-order chi connectivity index (χ1) is 8.30. The Hall–Kier alpha value is -1.14. The van der Waals surface area contributed by atoms with Crippen LogP contribution in [0, 0.1) is 5.92 Å². The molecule has 5 nitrogen and oxygen atoms in total. The molecule has 0 bridgehead atoms. The molecule has 1 atom stereocenters. The Morgan fingerprint density at radius 2 is 2.11 bits per heavy atom. The predicted octanol–water partition coefficient (Wildman–Crippen LogP) is 0.855. The molecule has 6 heteroatoms. The van der Waals surface area contributed by atoms with Gasteiger partial charge in [-0.05, 0) is 38.9 Å². The molecule has 0 aromatic carbocycles. The van der Waals surface area contributed by atoms with Crippen molar-refractivity contribution in [3.05, 3.63) is 12.7 Å². The fourth-order valence-electron chi connectivity index (χ4n) is 1.45. The van der Waals surface area contributed by atoms with Gasteiger partial charge in [-0.2, -0.15) is 0 Å². The first-order valence-electron chi connectivity index (χ1n) is 5.97. The summed E-state index contributed by atoms with van der Waals surface area (Å²) in [4.78, 5) is 11.8. The van der Waals surface area contributed by atoms with Gasteiger partial charge in [0.15, 0.2) is 5.11 Å². The van der Waals surface area contributed by atoms with E-state index >= 15 is 0 Å². The molecule has 0 rings (SSSR count). The van der Waals surface area contributed by atoms with Crippen LogP contribution in [0.25, 0.3) is 0 Å². The largest absolute Gasteiger partial charge is 0.390 e. The summed E-state index contributed by atoms with van der Waals surface area (Å²) in [7, 11) is 0. The number of hydrogen-bond donors (Lipinski definition) is 4. The van der Waals surface area contributed by atoms with Crippen LogP contribution in [0.5, 0.6) is 0 Å². The van der Waals surface area contributed by atoms with Gasteiger partial charge in [0.05, 0.1) is 5.60 Å². The quantitative estimate of drug-likeness (QED) is 0.328. The molecule has 4 N–H and O–H groups in total. The summed E-state index contributed by atoms with van der Waals surface area (Å²) >= 11 is 4.94.